The second kappa shape index (κ2) is 10.2. The van der Waals surface area contributed by atoms with Crippen molar-refractivity contribution in [1.82, 2.24) is 10.3 Å². The molecule has 0 spiro atoms. The number of carbonyl (C=O) groups excluding carboxylic acids is 1. The Balaban J connectivity index is 0.00000156. The molecule has 1 aromatic carbocycles. The molecule has 0 aliphatic heterocycles. The van der Waals surface area contributed by atoms with Crippen molar-refractivity contribution in [3.63, 3.8) is 0 Å². The first-order valence-corrected chi connectivity index (χ1v) is 7.89. The minimum atomic E-state index is -0.0997. The minimum absolute atomic E-state index is 0. The number of rotatable bonds is 7. The molecule has 3 rings (SSSR count). The fourth-order valence-electron chi connectivity index (χ4n) is 2.35. The van der Waals surface area contributed by atoms with Crippen LogP contribution in [0.3, 0.4) is 0 Å². The second-order valence-electron chi connectivity index (χ2n) is 5.85. The minimum Gasteiger partial charge on any atom is -0.487 e. The van der Waals surface area contributed by atoms with Gasteiger partial charge >= 0.3 is 0 Å². The Morgan fingerprint density at radius 1 is 1.20 bits per heavy atom. The second-order valence-corrected chi connectivity index (χ2v) is 5.85. The highest BCUT2D eigenvalue weighted by molar-refractivity contribution is 5.94. The van der Waals surface area contributed by atoms with Crippen LogP contribution in [0, 0.1) is 5.92 Å². The summed E-state index contributed by atoms with van der Waals surface area (Å²) in [7, 11) is 0. The van der Waals surface area contributed by atoms with Crippen LogP contribution in [-0.2, 0) is 6.61 Å². The first-order valence-electron chi connectivity index (χ1n) is 7.89. The zero-order valence-corrected chi connectivity index (χ0v) is 15.4. The van der Waals surface area contributed by atoms with Crippen LogP contribution in [0.5, 0.6) is 5.75 Å². The topological polar surface area (TPSA) is 77.2 Å². The van der Waals surface area contributed by atoms with Crippen molar-refractivity contribution in [3.8, 4) is 5.75 Å². The Kier molecular flexibility index (Phi) is 8.69. The van der Waals surface area contributed by atoms with Gasteiger partial charge in [-0.3, -0.25) is 9.78 Å². The Labute approximate surface area is 160 Å². The molecule has 7 heteroatoms. The Morgan fingerprint density at radius 3 is 2.52 bits per heavy atom. The smallest absolute Gasteiger partial charge is 0.251 e. The Hall–Kier alpha value is -1.82. The third-order valence-corrected chi connectivity index (χ3v) is 3.96. The number of benzene rings is 1. The van der Waals surface area contributed by atoms with E-state index in [0.29, 0.717) is 30.4 Å². The third-order valence-electron chi connectivity index (χ3n) is 3.96. The summed E-state index contributed by atoms with van der Waals surface area (Å²) in [6, 6.07) is 12.9. The molecule has 1 heterocycles. The van der Waals surface area contributed by atoms with Gasteiger partial charge in [-0.2, -0.15) is 0 Å². The average Bonchev–Trinajstić information content (AvgIpc) is 3.44. The number of nitrogens with zero attached hydrogens (tertiary/aromatic N) is 1. The zero-order valence-electron chi connectivity index (χ0n) is 13.8. The lowest BCUT2D eigenvalue weighted by molar-refractivity contribution is 0.0950. The monoisotopic (exact) mass is 383 g/mol. The molecule has 0 saturated heterocycles. The number of halogens is 2. The lowest BCUT2D eigenvalue weighted by Crippen LogP contribution is -2.38. The van der Waals surface area contributed by atoms with Gasteiger partial charge in [0.05, 0.1) is 5.69 Å². The van der Waals surface area contributed by atoms with Crippen LogP contribution in [0.15, 0.2) is 48.7 Å². The molecule has 0 bridgehead atoms. The van der Waals surface area contributed by atoms with Crippen LogP contribution in [0.4, 0.5) is 0 Å². The van der Waals surface area contributed by atoms with Crippen molar-refractivity contribution in [1.29, 1.82) is 0 Å². The largest absolute Gasteiger partial charge is 0.487 e. The lowest BCUT2D eigenvalue weighted by atomic mass is 10.1. The van der Waals surface area contributed by atoms with Gasteiger partial charge in [0.1, 0.15) is 12.4 Å². The van der Waals surface area contributed by atoms with Crippen molar-refractivity contribution < 1.29 is 9.53 Å². The molecule has 1 aliphatic carbocycles. The molecule has 25 heavy (non-hydrogen) atoms. The fraction of sp³-hybridized carbons (Fsp3) is 0.333. The van der Waals surface area contributed by atoms with E-state index in [2.05, 4.69) is 10.3 Å². The highest BCUT2D eigenvalue weighted by Gasteiger charge is 2.28. The van der Waals surface area contributed by atoms with E-state index >= 15 is 0 Å². The van der Waals surface area contributed by atoms with Crippen LogP contribution >= 0.6 is 24.8 Å². The summed E-state index contributed by atoms with van der Waals surface area (Å²) in [6.45, 7) is 0.935. The van der Waals surface area contributed by atoms with Crippen LogP contribution in [0.2, 0.25) is 0 Å². The maximum atomic E-state index is 12.1. The first kappa shape index (κ1) is 21.2. The van der Waals surface area contributed by atoms with E-state index in [4.69, 9.17) is 10.5 Å². The number of hydrogen-bond donors (Lipinski definition) is 2. The standard InChI is InChI=1S/C18H21N3O2.2ClH/c19-17(13-4-5-13)11-21-18(22)14-6-8-16(9-7-14)23-12-15-3-1-2-10-20-15;;/h1-3,6-10,13,17H,4-5,11-12,19H2,(H,21,22);2*1H. The van der Waals surface area contributed by atoms with Gasteiger partial charge in [-0.15, -0.1) is 24.8 Å². The number of nitrogens with two attached hydrogens (primary N) is 1. The van der Waals surface area contributed by atoms with Gasteiger partial charge in [-0.1, -0.05) is 6.07 Å². The van der Waals surface area contributed by atoms with Crippen molar-refractivity contribution in [3.05, 3.63) is 59.9 Å². The summed E-state index contributed by atoms with van der Waals surface area (Å²) in [5, 5.41) is 2.88. The van der Waals surface area contributed by atoms with E-state index in [1.54, 1.807) is 30.5 Å². The van der Waals surface area contributed by atoms with Crippen molar-refractivity contribution in [2.45, 2.75) is 25.5 Å². The highest BCUT2D eigenvalue weighted by atomic mass is 35.5. The van der Waals surface area contributed by atoms with Gasteiger partial charge in [-0.05, 0) is 55.2 Å². The van der Waals surface area contributed by atoms with Crippen LogP contribution in [0.25, 0.3) is 0 Å². The summed E-state index contributed by atoms with van der Waals surface area (Å²) in [5.74, 6) is 1.19. The van der Waals surface area contributed by atoms with Gasteiger partial charge in [-0.25, -0.2) is 0 Å². The molecule has 5 nitrogen and oxygen atoms in total. The van der Waals surface area contributed by atoms with E-state index in [0.717, 1.165) is 5.69 Å². The molecule has 1 unspecified atom stereocenters. The average molecular weight is 384 g/mol. The quantitative estimate of drug-likeness (QED) is 0.770. The van der Waals surface area contributed by atoms with Crippen molar-refractivity contribution in [2.75, 3.05) is 6.54 Å². The SMILES string of the molecule is Cl.Cl.NC(CNC(=O)c1ccc(OCc2ccccn2)cc1)C1CC1. The van der Waals surface area contributed by atoms with Crippen LogP contribution in [0.1, 0.15) is 28.9 Å². The summed E-state index contributed by atoms with van der Waals surface area (Å²) in [6.07, 6.45) is 4.09. The van der Waals surface area contributed by atoms with E-state index in [1.807, 2.05) is 18.2 Å². The van der Waals surface area contributed by atoms with Crippen molar-refractivity contribution >= 4 is 30.7 Å². The molecule has 0 radical (unpaired) electrons. The molecule has 1 aliphatic rings. The first-order chi connectivity index (χ1) is 11.2. The molecule has 1 aromatic heterocycles. The normalized spacial score (nSPS) is 13.8. The molecule has 1 fully saturated rings. The lowest BCUT2D eigenvalue weighted by Gasteiger charge is -2.12. The summed E-state index contributed by atoms with van der Waals surface area (Å²) >= 11 is 0. The highest BCUT2D eigenvalue weighted by Crippen LogP contribution is 2.31. The molecular weight excluding hydrogens is 361 g/mol. The van der Waals surface area contributed by atoms with Gasteiger partial charge < -0.3 is 15.8 Å². The molecule has 1 saturated carbocycles. The number of pyridine rings is 1. The molecular formula is C18H23Cl2N3O2. The summed E-state index contributed by atoms with van der Waals surface area (Å²) < 4.78 is 5.65. The predicted octanol–water partition coefficient (Wildman–Crippen LogP) is 2.97. The van der Waals surface area contributed by atoms with Crippen LogP contribution < -0.4 is 15.8 Å². The molecule has 1 amide bonds. The number of amides is 1. The zero-order chi connectivity index (χ0) is 16.1. The van der Waals surface area contributed by atoms with E-state index < -0.39 is 0 Å². The van der Waals surface area contributed by atoms with Gasteiger partial charge in [0.15, 0.2) is 0 Å². The van der Waals surface area contributed by atoms with Gasteiger partial charge in [0.25, 0.3) is 5.91 Å². The number of hydrogen-bond acceptors (Lipinski definition) is 4. The number of ether oxygens (including phenoxy) is 1. The predicted molar refractivity (Wildman–Crippen MR) is 103 cm³/mol. The Morgan fingerprint density at radius 2 is 1.92 bits per heavy atom. The van der Waals surface area contributed by atoms with Gasteiger partial charge in [0, 0.05) is 24.3 Å². The number of carbonyl (C=O) groups is 1. The van der Waals surface area contributed by atoms with Gasteiger partial charge in [0.2, 0.25) is 0 Å². The number of aromatic nitrogens is 1. The maximum absolute atomic E-state index is 12.1. The number of nitrogens with one attached hydrogen (secondary N) is 1. The molecule has 1 atom stereocenters. The fourth-order valence-corrected chi connectivity index (χ4v) is 2.35. The molecule has 3 N–H and O–H groups in total. The van der Waals surface area contributed by atoms with Crippen LogP contribution in [-0.4, -0.2) is 23.5 Å². The Bertz CT molecular complexity index is 649. The van der Waals surface area contributed by atoms with E-state index in [1.165, 1.54) is 12.8 Å². The van der Waals surface area contributed by atoms with E-state index in [9.17, 15) is 4.79 Å². The summed E-state index contributed by atoms with van der Waals surface area (Å²) in [5.41, 5.74) is 7.46. The summed E-state index contributed by atoms with van der Waals surface area (Å²) in [4.78, 5) is 16.3. The van der Waals surface area contributed by atoms with Crippen molar-refractivity contribution in [2.24, 2.45) is 11.7 Å². The third kappa shape index (κ3) is 6.53. The van der Waals surface area contributed by atoms with E-state index in [-0.39, 0.29) is 36.8 Å². The maximum Gasteiger partial charge on any atom is 0.251 e. The molecule has 2 aromatic rings. The molecule has 136 valence electrons.